The van der Waals surface area contributed by atoms with E-state index in [4.69, 9.17) is 5.73 Å². The largest absolute Gasteiger partial charge is 0.323 e. The van der Waals surface area contributed by atoms with Crippen LogP contribution in [0.2, 0.25) is 0 Å². The molecule has 20 heavy (non-hydrogen) atoms. The van der Waals surface area contributed by atoms with E-state index < -0.39 is 0 Å². The molecule has 0 bridgehead atoms. The average molecular weight is 354 g/mol. The predicted octanol–water partition coefficient (Wildman–Crippen LogP) is 5.00. The van der Waals surface area contributed by atoms with Gasteiger partial charge in [0, 0.05) is 26.7 Å². The molecule has 2 aromatic carbocycles. The zero-order valence-corrected chi connectivity index (χ0v) is 13.9. The van der Waals surface area contributed by atoms with E-state index in [2.05, 4.69) is 15.9 Å². The van der Waals surface area contributed by atoms with Gasteiger partial charge in [-0.1, -0.05) is 18.2 Å². The molecule has 0 aliphatic heterocycles. The normalized spacial score (nSPS) is 12.4. The molecule has 1 unspecified atom stereocenters. The Morgan fingerprint density at radius 1 is 1.25 bits per heavy atom. The van der Waals surface area contributed by atoms with E-state index >= 15 is 0 Å². The number of nitrogens with two attached hydrogens (primary N) is 1. The molecule has 2 N–H and O–H groups in total. The molecule has 0 amide bonds. The number of halogens is 2. The lowest BCUT2D eigenvalue weighted by molar-refractivity contribution is 0.591. The summed E-state index contributed by atoms with van der Waals surface area (Å²) in [6.07, 6.45) is 0. The summed E-state index contributed by atoms with van der Waals surface area (Å²) in [4.78, 5) is 1.12. The Kier molecular flexibility index (Phi) is 5.24. The van der Waals surface area contributed by atoms with Crippen LogP contribution in [0.25, 0.3) is 0 Å². The second-order valence-electron chi connectivity index (χ2n) is 4.83. The minimum Gasteiger partial charge on any atom is -0.323 e. The Balaban J connectivity index is 2.13. The quantitative estimate of drug-likeness (QED) is 0.782. The maximum Gasteiger partial charge on any atom is 0.128 e. The summed E-state index contributed by atoms with van der Waals surface area (Å²) in [6.45, 7) is 3.80. The van der Waals surface area contributed by atoms with Gasteiger partial charge in [-0.25, -0.2) is 4.39 Å². The van der Waals surface area contributed by atoms with Gasteiger partial charge in [-0.2, -0.15) is 0 Å². The van der Waals surface area contributed by atoms with E-state index in [1.165, 1.54) is 0 Å². The Bertz CT molecular complexity index is 592. The lowest BCUT2D eigenvalue weighted by Crippen LogP contribution is -2.16. The molecule has 0 heterocycles. The fourth-order valence-corrected chi connectivity index (χ4v) is 3.76. The number of hydrogen-bond acceptors (Lipinski definition) is 2. The van der Waals surface area contributed by atoms with E-state index in [1.807, 2.05) is 44.2 Å². The van der Waals surface area contributed by atoms with Crippen molar-refractivity contribution in [1.29, 1.82) is 0 Å². The van der Waals surface area contributed by atoms with Crippen molar-refractivity contribution in [1.82, 2.24) is 0 Å². The van der Waals surface area contributed by atoms with Crippen LogP contribution in [-0.2, 0) is 0 Å². The molecule has 0 saturated carbocycles. The van der Waals surface area contributed by atoms with E-state index in [1.54, 1.807) is 17.8 Å². The molecule has 1 nitrogen and oxygen atoms in total. The fourth-order valence-electron chi connectivity index (χ4n) is 2.22. The molecule has 2 rings (SSSR count). The monoisotopic (exact) mass is 353 g/mol. The van der Waals surface area contributed by atoms with Crippen LogP contribution in [0.15, 0.2) is 45.8 Å². The van der Waals surface area contributed by atoms with Crippen molar-refractivity contribution in [3.05, 3.63) is 63.4 Å². The molecule has 0 aromatic heterocycles. The third-order valence-corrected chi connectivity index (χ3v) is 5.25. The van der Waals surface area contributed by atoms with Gasteiger partial charge in [-0.15, -0.1) is 11.8 Å². The second kappa shape index (κ2) is 6.74. The molecule has 0 saturated heterocycles. The van der Waals surface area contributed by atoms with Crippen LogP contribution in [-0.4, -0.2) is 5.75 Å². The van der Waals surface area contributed by atoms with Gasteiger partial charge in [0.25, 0.3) is 0 Å². The number of aryl methyl sites for hydroxylation is 2. The van der Waals surface area contributed by atoms with Crippen molar-refractivity contribution in [2.24, 2.45) is 5.73 Å². The summed E-state index contributed by atoms with van der Waals surface area (Å²) in [5.74, 6) is 0.436. The number of hydrogen-bond donors (Lipinski definition) is 1. The van der Waals surface area contributed by atoms with Crippen LogP contribution in [0.1, 0.15) is 22.7 Å². The van der Waals surface area contributed by atoms with Crippen molar-refractivity contribution in [3.63, 3.8) is 0 Å². The van der Waals surface area contributed by atoms with Gasteiger partial charge in [0.05, 0.1) is 0 Å². The van der Waals surface area contributed by atoms with E-state index in [0.29, 0.717) is 11.3 Å². The van der Waals surface area contributed by atoms with Gasteiger partial charge in [-0.3, -0.25) is 0 Å². The van der Waals surface area contributed by atoms with Gasteiger partial charge >= 0.3 is 0 Å². The van der Waals surface area contributed by atoms with Crippen LogP contribution >= 0.6 is 27.7 Å². The molecular formula is C16H17BrFNS. The van der Waals surface area contributed by atoms with Crippen LogP contribution in [0.4, 0.5) is 4.39 Å². The third kappa shape index (κ3) is 3.62. The van der Waals surface area contributed by atoms with Gasteiger partial charge in [-0.05, 0) is 59.1 Å². The number of thioether (sulfide) groups is 1. The molecule has 106 valence electrons. The summed E-state index contributed by atoms with van der Waals surface area (Å²) in [5.41, 5.74) is 8.63. The summed E-state index contributed by atoms with van der Waals surface area (Å²) in [6, 6.07) is 11.2. The highest BCUT2D eigenvalue weighted by atomic mass is 79.9. The van der Waals surface area contributed by atoms with Crippen LogP contribution in [0, 0.1) is 19.7 Å². The lowest BCUT2D eigenvalue weighted by Gasteiger charge is -2.16. The van der Waals surface area contributed by atoms with E-state index in [0.717, 1.165) is 20.5 Å². The van der Waals surface area contributed by atoms with Gasteiger partial charge in [0.1, 0.15) is 5.82 Å². The first-order valence-electron chi connectivity index (χ1n) is 6.38. The van der Waals surface area contributed by atoms with Crippen LogP contribution in [0.5, 0.6) is 0 Å². The predicted molar refractivity (Wildman–Crippen MR) is 87.7 cm³/mol. The SMILES string of the molecule is Cc1cc(C)c(C(N)CSc2ccccc2Br)c(F)c1. The molecule has 2 aromatic rings. The van der Waals surface area contributed by atoms with Crippen LogP contribution in [0.3, 0.4) is 0 Å². The number of benzene rings is 2. The average Bonchev–Trinajstić information content (AvgIpc) is 2.36. The highest BCUT2D eigenvalue weighted by molar-refractivity contribution is 9.10. The lowest BCUT2D eigenvalue weighted by atomic mass is 10.00. The molecular weight excluding hydrogens is 337 g/mol. The Labute approximate surface area is 131 Å². The zero-order chi connectivity index (χ0) is 14.7. The van der Waals surface area contributed by atoms with Crippen molar-refractivity contribution >= 4 is 27.7 Å². The first-order chi connectivity index (χ1) is 9.49. The van der Waals surface area contributed by atoms with Gasteiger partial charge < -0.3 is 5.73 Å². The third-order valence-electron chi connectivity index (χ3n) is 3.11. The molecule has 0 radical (unpaired) electrons. The summed E-state index contributed by atoms with van der Waals surface area (Å²) >= 11 is 5.14. The maximum atomic E-state index is 14.1. The first kappa shape index (κ1) is 15.5. The van der Waals surface area contributed by atoms with Crippen molar-refractivity contribution in [2.45, 2.75) is 24.8 Å². The van der Waals surface area contributed by atoms with E-state index in [9.17, 15) is 4.39 Å². The molecule has 0 spiro atoms. The van der Waals surface area contributed by atoms with Gasteiger partial charge in [0.15, 0.2) is 0 Å². The van der Waals surface area contributed by atoms with Crippen molar-refractivity contribution < 1.29 is 4.39 Å². The van der Waals surface area contributed by atoms with Crippen LogP contribution < -0.4 is 5.73 Å². The minimum atomic E-state index is -0.312. The summed E-state index contributed by atoms with van der Waals surface area (Å²) < 4.78 is 15.1. The van der Waals surface area contributed by atoms with Gasteiger partial charge in [0.2, 0.25) is 0 Å². The standard InChI is InChI=1S/C16H17BrFNS/c1-10-7-11(2)16(13(18)8-10)14(19)9-20-15-6-4-3-5-12(15)17/h3-8,14H,9,19H2,1-2H3. The smallest absolute Gasteiger partial charge is 0.128 e. The minimum absolute atomic E-state index is 0.206. The highest BCUT2D eigenvalue weighted by Crippen LogP contribution is 2.31. The Hall–Kier alpha value is -0.840. The second-order valence-corrected chi connectivity index (χ2v) is 6.74. The van der Waals surface area contributed by atoms with Crippen molar-refractivity contribution in [3.8, 4) is 0 Å². The maximum absolute atomic E-state index is 14.1. The highest BCUT2D eigenvalue weighted by Gasteiger charge is 2.15. The molecule has 0 aliphatic rings. The molecule has 4 heteroatoms. The molecule has 0 fully saturated rings. The van der Waals surface area contributed by atoms with Crippen molar-refractivity contribution in [2.75, 3.05) is 5.75 Å². The fraction of sp³-hybridized carbons (Fsp3) is 0.250. The zero-order valence-electron chi connectivity index (χ0n) is 11.5. The summed E-state index contributed by atoms with van der Waals surface area (Å²) in [7, 11) is 0. The first-order valence-corrected chi connectivity index (χ1v) is 8.16. The topological polar surface area (TPSA) is 26.0 Å². The summed E-state index contributed by atoms with van der Waals surface area (Å²) in [5, 5.41) is 0. The number of rotatable bonds is 4. The molecule has 1 atom stereocenters. The Morgan fingerprint density at radius 3 is 2.60 bits per heavy atom. The molecule has 0 aliphatic carbocycles. The van der Waals surface area contributed by atoms with E-state index in [-0.39, 0.29) is 11.9 Å². The Morgan fingerprint density at radius 2 is 1.95 bits per heavy atom.